The van der Waals surface area contributed by atoms with Crippen molar-refractivity contribution in [1.29, 1.82) is 0 Å². The van der Waals surface area contributed by atoms with Crippen molar-refractivity contribution in [3.8, 4) is 0 Å². The van der Waals surface area contributed by atoms with Gasteiger partial charge in [-0.05, 0) is 29.9 Å². The molecule has 0 radical (unpaired) electrons. The van der Waals surface area contributed by atoms with E-state index < -0.39 is 11.2 Å². The summed E-state index contributed by atoms with van der Waals surface area (Å²) in [5.41, 5.74) is 0.673. The summed E-state index contributed by atoms with van der Waals surface area (Å²) in [7, 11) is 0. The number of ketones is 1. The van der Waals surface area contributed by atoms with Gasteiger partial charge in [-0.15, -0.1) is 11.3 Å². The number of nitrogens with zero attached hydrogens (tertiary/aromatic N) is 2. The first-order chi connectivity index (χ1) is 12.1. The molecule has 0 aromatic carbocycles. The molecule has 0 amide bonds. The topological polar surface area (TPSA) is 84.8 Å². The highest BCUT2D eigenvalue weighted by Gasteiger charge is 2.30. The number of H-pyrrole nitrogens is 1. The van der Waals surface area contributed by atoms with Gasteiger partial charge >= 0.3 is 5.69 Å². The Morgan fingerprint density at radius 2 is 2.16 bits per heavy atom. The Balaban J connectivity index is 1.98. The Bertz CT molecular complexity index is 1080. The molecule has 0 bridgehead atoms. The quantitative estimate of drug-likeness (QED) is 0.782. The number of rotatable bonds is 3. The summed E-state index contributed by atoms with van der Waals surface area (Å²) in [5.74, 6) is 0.0678. The maximum atomic E-state index is 12.6. The third-order valence-corrected chi connectivity index (χ3v) is 5.73. The first kappa shape index (κ1) is 16.0. The second kappa shape index (κ2) is 6.07. The fourth-order valence-corrected chi connectivity index (χ4v) is 4.40. The number of Topliss-reactive ketones (excluding diaryl/α,β-unsaturated/α-hetero) is 1. The summed E-state index contributed by atoms with van der Waals surface area (Å²) < 4.78 is 1.48. The van der Waals surface area contributed by atoms with E-state index in [-0.39, 0.29) is 11.7 Å². The van der Waals surface area contributed by atoms with Crippen LogP contribution < -0.4 is 11.2 Å². The van der Waals surface area contributed by atoms with Gasteiger partial charge < -0.3 is 0 Å². The molecule has 7 heteroatoms. The van der Waals surface area contributed by atoms with Crippen LogP contribution in [0.3, 0.4) is 0 Å². The van der Waals surface area contributed by atoms with E-state index >= 15 is 0 Å². The van der Waals surface area contributed by atoms with E-state index in [4.69, 9.17) is 0 Å². The van der Waals surface area contributed by atoms with Gasteiger partial charge in [0.25, 0.3) is 5.56 Å². The van der Waals surface area contributed by atoms with Gasteiger partial charge in [-0.1, -0.05) is 13.0 Å². The second-order valence-electron chi connectivity index (χ2n) is 6.30. The van der Waals surface area contributed by atoms with Gasteiger partial charge in [0.1, 0.15) is 5.65 Å². The number of pyridine rings is 1. The summed E-state index contributed by atoms with van der Waals surface area (Å²) in [6, 6.07) is 3.99. The fraction of sp³-hybridized carbons (Fsp3) is 0.333. The SMILES string of the molecule is CCCn1c(=O)[nH]c(=O)c2c3c(cnc21)C(=O)CC(c1cccs1)C3. The maximum absolute atomic E-state index is 12.6. The molecule has 4 rings (SSSR count). The van der Waals surface area contributed by atoms with Gasteiger partial charge in [0, 0.05) is 35.5 Å². The monoisotopic (exact) mass is 355 g/mol. The Hall–Kier alpha value is -2.54. The van der Waals surface area contributed by atoms with Gasteiger partial charge in [0.15, 0.2) is 5.78 Å². The molecular formula is C18H17N3O3S. The number of carbonyl (C=O) groups is 1. The minimum absolute atomic E-state index is 0.00157. The molecule has 1 N–H and O–H groups in total. The average molecular weight is 355 g/mol. The molecule has 1 unspecified atom stereocenters. The Labute approximate surface area is 147 Å². The lowest BCUT2D eigenvalue weighted by Gasteiger charge is -2.24. The van der Waals surface area contributed by atoms with E-state index in [9.17, 15) is 14.4 Å². The van der Waals surface area contributed by atoms with Crippen LogP contribution in [0, 0.1) is 0 Å². The molecule has 128 valence electrons. The standard InChI is InChI=1S/C18H17N3O3S/c1-2-5-21-16-15(17(23)20-18(21)24)11-7-10(14-4-3-6-25-14)8-13(22)12(11)9-19-16/h3-4,6,9-10H,2,5,7-8H2,1H3,(H,20,23,24). The molecule has 0 fully saturated rings. The van der Waals surface area contributed by atoms with E-state index in [1.165, 1.54) is 10.8 Å². The van der Waals surface area contributed by atoms with E-state index in [0.717, 1.165) is 11.3 Å². The van der Waals surface area contributed by atoms with Crippen LogP contribution >= 0.6 is 11.3 Å². The number of aromatic amines is 1. The van der Waals surface area contributed by atoms with Crippen LogP contribution in [-0.2, 0) is 13.0 Å². The third-order valence-electron chi connectivity index (χ3n) is 4.69. The van der Waals surface area contributed by atoms with Gasteiger partial charge in [-0.3, -0.25) is 19.1 Å². The molecule has 6 nitrogen and oxygen atoms in total. The van der Waals surface area contributed by atoms with Crippen LogP contribution in [0.4, 0.5) is 0 Å². The molecule has 25 heavy (non-hydrogen) atoms. The summed E-state index contributed by atoms with van der Waals surface area (Å²) >= 11 is 1.62. The first-order valence-electron chi connectivity index (χ1n) is 8.31. The van der Waals surface area contributed by atoms with Crippen molar-refractivity contribution >= 4 is 28.2 Å². The van der Waals surface area contributed by atoms with E-state index in [1.54, 1.807) is 11.3 Å². The number of aryl methyl sites for hydroxylation is 1. The predicted molar refractivity (Wildman–Crippen MR) is 96.6 cm³/mol. The number of hydrogen-bond acceptors (Lipinski definition) is 5. The number of nitrogens with one attached hydrogen (secondary N) is 1. The van der Waals surface area contributed by atoms with Crippen molar-refractivity contribution in [1.82, 2.24) is 14.5 Å². The predicted octanol–water partition coefficient (Wildman–Crippen LogP) is 2.47. The smallest absolute Gasteiger partial charge is 0.294 e. The molecule has 1 aliphatic rings. The van der Waals surface area contributed by atoms with Crippen LogP contribution in [0.2, 0.25) is 0 Å². The summed E-state index contributed by atoms with van der Waals surface area (Å²) in [6.45, 7) is 2.43. The van der Waals surface area contributed by atoms with Crippen molar-refractivity contribution in [3.05, 3.63) is 60.6 Å². The molecule has 3 heterocycles. The number of aromatic nitrogens is 3. The van der Waals surface area contributed by atoms with Crippen molar-refractivity contribution in [2.24, 2.45) is 0 Å². The van der Waals surface area contributed by atoms with Gasteiger partial charge in [0.05, 0.1) is 5.39 Å². The van der Waals surface area contributed by atoms with Crippen LogP contribution in [0.25, 0.3) is 11.0 Å². The second-order valence-corrected chi connectivity index (χ2v) is 7.28. The molecule has 3 aromatic rings. The summed E-state index contributed by atoms with van der Waals surface area (Å²) in [6.07, 6.45) is 3.30. The molecule has 0 saturated heterocycles. The van der Waals surface area contributed by atoms with E-state index in [2.05, 4.69) is 9.97 Å². The van der Waals surface area contributed by atoms with E-state index in [0.29, 0.717) is 41.5 Å². The number of hydrogen-bond donors (Lipinski definition) is 1. The first-order valence-corrected chi connectivity index (χ1v) is 9.19. The summed E-state index contributed by atoms with van der Waals surface area (Å²) in [4.78, 5) is 45.1. The van der Waals surface area contributed by atoms with Crippen molar-refractivity contribution in [2.75, 3.05) is 0 Å². The van der Waals surface area contributed by atoms with Gasteiger partial charge in [-0.25, -0.2) is 9.78 Å². The van der Waals surface area contributed by atoms with Crippen molar-refractivity contribution in [2.45, 2.75) is 38.6 Å². The maximum Gasteiger partial charge on any atom is 0.329 e. The lowest BCUT2D eigenvalue weighted by atomic mass is 9.82. The Kier molecular flexibility index (Phi) is 3.88. The molecule has 1 atom stereocenters. The minimum Gasteiger partial charge on any atom is -0.294 e. The molecule has 0 spiro atoms. The molecule has 3 aromatic heterocycles. The van der Waals surface area contributed by atoms with E-state index in [1.807, 2.05) is 24.4 Å². The number of fused-ring (bicyclic) bond motifs is 3. The zero-order chi connectivity index (χ0) is 17.6. The molecular weight excluding hydrogens is 338 g/mol. The zero-order valence-corrected chi connectivity index (χ0v) is 14.6. The third kappa shape index (κ3) is 2.55. The van der Waals surface area contributed by atoms with Crippen LogP contribution in [0.1, 0.15) is 46.5 Å². The molecule has 1 aliphatic carbocycles. The lowest BCUT2D eigenvalue weighted by Crippen LogP contribution is -2.32. The fourth-order valence-electron chi connectivity index (χ4n) is 3.56. The van der Waals surface area contributed by atoms with Crippen LogP contribution in [0.15, 0.2) is 33.3 Å². The molecule has 0 aliphatic heterocycles. The normalized spacial score (nSPS) is 17.0. The Morgan fingerprint density at radius 1 is 1.32 bits per heavy atom. The molecule has 0 saturated carbocycles. The highest BCUT2D eigenvalue weighted by Crippen LogP contribution is 2.36. The van der Waals surface area contributed by atoms with Crippen LogP contribution in [-0.4, -0.2) is 20.3 Å². The van der Waals surface area contributed by atoms with Crippen molar-refractivity contribution in [3.63, 3.8) is 0 Å². The highest BCUT2D eigenvalue weighted by atomic mass is 32.1. The Morgan fingerprint density at radius 3 is 2.88 bits per heavy atom. The zero-order valence-electron chi connectivity index (χ0n) is 13.7. The number of thiophene rings is 1. The van der Waals surface area contributed by atoms with Crippen LogP contribution in [0.5, 0.6) is 0 Å². The summed E-state index contributed by atoms with van der Waals surface area (Å²) in [5, 5.41) is 2.37. The number of carbonyl (C=O) groups excluding carboxylic acids is 1. The largest absolute Gasteiger partial charge is 0.329 e. The average Bonchev–Trinajstić information content (AvgIpc) is 3.12. The van der Waals surface area contributed by atoms with Gasteiger partial charge in [-0.2, -0.15) is 0 Å². The minimum atomic E-state index is -0.462. The highest BCUT2D eigenvalue weighted by molar-refractivity contribution is 7.10. The van der Waals surface area contributed by atoms with Crippen molar-refractivity contribution < 1.29 is 4.79 Å². The van der Waals surface area contributed by atoms with Gasteiger partial charge in [0.2, 0.25) is 0 Å². The lowest BCUT2D eigenvalue weighted by molar-refractivity contribution is 0.0964.